The van der Waals surface area contributed by atoms with Gasteiger partial charge < -0.3 is 0 Å². The Bertz CT molecular complexity index is 1070. The number of halogens is 4. The van der Waals surface area contributed by atoms with Crippen LogP contribution in [-0.4, -0.2) is 37.2 Å². The molecule has 0 heterocycles. The average molecular weight is 593 g/mol. The van der Waals surface area contributed by atoms with E-state index >= 15 is 0 Å². The molecule has 0 spiro atoms. The molecule has 2 unspecified atom stereocenters. The Morgan fingerprint density at radius 1 is 0.657 bits per heavy atom. The van der Waals surface area contributed by atoms with E-state index in [-0.39, 0.29) is 6.96 Å². The molecule has 0 fully saturated rings. The van der Waals surface area contributed by atoms with E-state index in [1.54, 1.807) is 55.4 Å². The van der Waals surface area contributed by atoms with Crippen molar-refractivity contribution in [3.05, 3.63) is 95.1 Å². The summed E-state index contributed by atoms with van der Waals surface area (Å²) in [5.74, 6) is 0. The average Bonchev–Trinajstić information content (AvgIpc) is 2.85. The minimum Gasteiger partial charge on any atom is -0.276 e. The van der Waals surface area contributed by atoms with Gasteiger partial charge in [0.15, 0.2) is 0 Å². The van der Waals surface area contributed by atoms with Gasteiger partial charge in [0.1, 0.15) is 6.96 Å². The molecule has 0 aromatic heterocycles. The van der Waals surface area contributed by atoms with Crippen molar-refractivity contribution in [2.24, 2.45) is 0 Å². The first-order valence-corrected chi connectivity index (χ1v) is 12.9. The number of benzene rings is 3. The molecule has 4 nitrogen and oxygen atoms in total. The van der Waals surface area contributed by atoms with Crippen LogP contribution in [-0.2, 0) is 0 Å². The van der Waals surface area contributed by atoms with E-state index in [0.717, 1.165) is 11.1 Å². The summed E-state index contributed by atoms with van der Waals surface area (Å²) in [7, 11) is 2.66. The molecule has 0 aliphatic rings. The van der Waals surface area contributed by atoms with E-state index in [1.807, 2.05) is 6.66 Å². The second-order valence-electron chi connectivity index (χ2n) is 6.16. The predicted molar refractivity (Wildman–Crippen MR) is 157 cm³/mol. The minimum atomic E-state index is -0.552. The van der Waals surface area contributed by atoms with Crippen molar-refractivity contribution >= 4 is 92.6 Å². The van der Waals surface area contributed by atoms with Gasteiger partial charge in [-0.05, 0) is 107 Å². The molecule has 0 N–H and O–H groups in total. The quantitative estimate of drug-likeness (QED) is 0.177. The molecule has 3 aromatic rings. The van der Waals surface area contributed by atoms with Crippen molar-refractivity contribution in [3.63, 3.8) is 0 Å². The molecule has 184 valence electrons. The summed E-state index contributed by atoms with van der Waals surface area (Å²) in [6, 6.07) is 19.6. The lowest BCUT2D eigenvalue weighted by molar-refractivity contribution is 0.107. The summed E-state index contributed by atoms with van der Waals surface area (Å²) in [5.41, 5.74) is 3.47. The molecule has 2 atom stereocenters. The van der Waals surface area contributed by atoms with E-state index in [9.17, 15) is 19.2 Å². The molecule has 0 saturated heterocycles. The smallest absolute Gasteiger partial charge is 0.252 e. The SMILES string of the molecule is O=C(Cl)c1ccc(-c2ccc(C(=O)Cl)cc2)cc1.O=C(Cl)c1ccc(C(=O)Cl)cc1.[2H]B(C)P.[3H]PC. The molecular formula is C24H23BCl4O4P2. The third-order valence-corrected chi connectivity index (χ3v) is 4.77. The highest BCUT2D eigenvalue weighted by Gasteiger charge is 2.05. The molecule has 0 aliphatic heterocycles. The molecule has 0 bridgehead atoms. The lowest BCUT2D eigenvalue weighted by Gasteiger charge is -2.03. The van der Waals surface area contributed by atoms with Gasteiger partial charge in [-0.2, -0.15) is 9.12 Å². The van der Waals surface area contributed by atoms with Crippen molar-refractivity contribution in [2.75, 3.05) is 6.66 Å². The summed E-state index contributed by atoms with van der Waals surface area (Å²) in [6.45, 7) is 3.62. The first kappa shape index (κ1) is 29.7. The standard InChI is InChI=1S/C14H8Cl2O2.C8H4Cl2O2.CH6BP.CH5P/c15-13(17)11-5-1-9(2-6-11)10-3-7-12(8-4-10)14(16)18;9-7(11)5-1-2-6(4-3-5)8(10)12;1-2-3;1-2/h1-8H;1-4H;2H,3H2,1H3;2H2,1H3/i;;2D;2T. The van der Waals surface area contributed by atoms with Crippen LogP contribution >= 0.6 is 64.7 Å². The van der Waals surface area contributed by atoms with Crippen LogP contribution in [0.25, 0.3) is 11.1 Å². The minimum absolute atomic E-state index is 0.000000000000000222. The fraction of sp³-hybridized carbons (Fsp3) is 0.0833. The van der Waals surface area contributed by atoms with Gasteiger partial charge in [-0.3, -0.25) is 19.2 Å². The lowest BCUT2D eigenvalue weighted by Crippen LogP contribution is -1.92. The Morgan fingerprint density at radius 3 is 0.943 bits per heavy atom. The van der Waals surface area contributed by atoms with Gasteiger partial charge in [-0.15, -0.1) is 9.18 Å². The van der Waals surface area contributed by atoms with Gasteiger partial charge in [-0.25, -0.2) is 0 Å². The van der Waals surface area contributed by atoms with E-state index in [4.69, 9.17) is 49.0 Å². The van der Waals surface area contributed by atoms with Crippen LogP contribution in [0.1, 0.15) is 41.4 Å². The molecule has 0 radical (unpaired) electrons. The zero-order valence-corrected chi connectivity index (χ0v) is 23.9. The second-order valence-corrected chi connectivity index (χ2v) is 8.20. The van der Waals surface area contributed by atoms with Gasteiger partial charge in [0.2, 0.25) is 0 Å². The van der Waals surface area contributed by atoms with Crippen LogP contribution in [0.5, 0.6) is 0 Å². The first-order valence-electron chi connectivity index (χ1n) is 10.8. The third-order valence-electron chi connectivity index (χ3n) is 3.90. The van der Waals surface area contributed by atoms with Crippen LogP contribution in [0.2, 0.25) is 6.82 Å². The molecule has 35 heavy (non-hydrogen) atoms. The Morgan fingerprint density at radius 2 is 0.800 bits per heavy atom. The van der Waals surface area contributed by atoms with E-state index in [0.29, 0.717) is 31.4 Å². The van der Waals surface area contributed by atoms with Crippen molar-refractivity contribution in [3.8, 4) is 11.1 Å². The topological polar surface area (TPSA) is 68.3 Å². The maximum atomic E-state index is 10.9. The summed E-state index contributed by atoms with van der Waals surface area (Å²) in [4.78, 5) is 43.0. The molecule has 0 aliphatic carbocycles. The third kappa shape index (κ3) is 12.8. The Hall–Kier alpha value is -1.58. The van der Waals surface area contributed by atoms with Crippen molar-refractivity contribution in [2.45, 2.75) is 6.82 Å². The number of hydrogen-bond donors (Lipinski definition) is 0. The van der Waals surface area contributed by atoms with Crippen LogP contribution in [0.4, 0.5) is 0 Å². The van der Waals surface area contributed by atoms with Gasteiger partial charge >= 0.3 is 0 Å². The predicted octanol–water partition coefficient (Wildman–Crippen LogP) is 7.31. The molecular weight excluding hydrogens is 567 g/mol. The Kier molecular flexibility index (Phi) is 15.8. The lowest BCUT2D eigenvalue weighted by atomic mass is 10.0. The summed E-state index contributed by atoms with van der Waals surface area (Å²) < 4.78 is 12.8. The fourth-order valence-electron chi connectivity index (χ4n) is 2.32. The second kappa shape index (κ2) is 18.7. The molecule has 0 saturated carbocycles. The van der Waals surface area contributed by atoms with Crippen molar-refractivity contribution < 1.29 is 19.2 Å². The summed E-state index contributed by atoms with van der Waals surface area (Å²) >= 11 is 21.1. The van der Waals surface area contributed by atoms with Crippen LogP contribution in [0.3, 0.4) is 0 Å². The zero-order valence-electron chi connectivity index (χ0n) is 20.7. The molecule has 0 amide bonds. The van der Waals surface area contributed by atoms with Gasteiger partial charge in [0, 0.05) is 22.3 Å². The monoisotopic (exact) mass is 591 g/mol. The molecule has 3 aromatic carbocycles. The zero-order chi connectivity index (χ0) is 28.5. The van der Waals surface area contributed by atoms with Crippen molar-refractivity contribution in [1.29, 1.82) is 2.61 Å². The summed E-state index contributed by atoms with van der Waals surface area (Å²) in [6.07, 6.45) is 0. The number of carbonyl (C=O) groups is 4. The van der Waals surface area contributed by atoms with E-state index in [2.05, 4.69) is 9.12 Å². The molecule has 3 rings (SSSR count). The van der Waals surface area contributed by atoms with E-state index < -0.39 is 21.0 Å². The van der Waals surface area contributed by atoms with Gasteiger partial charge in [0.05, 0.1) is 1.28 Å². The fourth-order valence-corrected chi connectivity index (χ4v) is 2.82. The maximum Gasteiger partial charge on any atom is 0.252 e. The van der Waals surface area contributed by atoms with E-state index in [1.165, 1.54) is 24.3 Å². The number of carbonyl (C=O) groups excluding carboxylic acids is 4. The van der Waals surface area contributed by atoms with Crippen molar-refractivity contribution in [1.82, 2.24) is 0 Å². The highest BCUT2D eigenvalue weighted by atomic mass is 35.5. The number of rotatable bonds is 5. The van der Waals surface area contributed by atoms with Crippen LogP contribution < -0.4 is 0 Å². The van der Waals surface area contributed by atoms with Crippen LogP contribution in [0, 0.1) is 0 Å². The normalized spacial score (nSPS) is 10.1. The molecule has 11 heteroatoms. The Labute approximate surface area is 233 Å². The summed E-state index contributed by atoms with van der Waals surface area (Å²) in [5, 5.41) is -2.07. The van der Waals surface area contributed by atoms with Gasteiger partial charge in [-0.1, -0.05) is 37.8 Å². The van der Waals surface area contributed by atoms with Crippen LogP contribution in [0.15, 0.2) is 72.8 Å². The number of hydrogen-bond acceptors (Lipinski definition) is 4. The largest absolute Gasteiger partial charge is 0.276 e. The van der Waals surface area contributed by atoms with Gasteiger partial charge in [0.25, 0.3) is 21.0 Å². The highest BCUT2D eigenvalue weighted by Crippen LogP contribution is 2.21. The maximum absolute atomic E-state index is 10.9. The Balaban J connectivity index is 0.000000587. The first-order chi connectivity index (χ1) is 17.3. The highest BCUT2D eigenvalue weighted by molar-refractivity contribution is 7.55.